The van der Waals surface area contributed by atoms with Gasteiger partial charge in [0.1, 0.15) is 11.4 Å². The van der Waals surface area contributed by atoms with E-state index in [0.29, 0.717) is 18.6 Å². The van der Waals surface area contributed by atoms with Crippen molar-refractivity contribution >= 4 is 0 Å². The van der Waals surface area contributed by atoms with Crippen molar-refractivity contribution in [1.29, 1.82) is 0 Å². The summed E-state index contributed by atoms with van der Waals surface area (Å²) >= 11 is 0. The van der Waals surface area contributed by atoms with Gasteiger partial charge >= 0.3 is 6.36 Å². The van der Waals surface area contributed by atoms with Crippen molar-refractivity contribution < 1.29 is 27.8 Å². The molecule has 0 radical (unpaired) electrons. The topological polar surface area (TPSA) is 38.7 Å². The Morgan fingerprint density at radius 1 is 1.35 bits per heavy atom. The van der Waals surface area contributed by atoms with Gasteiger partial charge in [-0.05, 0) is 17.7 Å². The van der Waals surface area contributed by atoms with E-state index < -0.39 is 12.0 Å². The van der Waals surface area contributed by atoms with Gasteiger partial charge in [-0.25, -0.2) is 0 Å². The Balaban J connectivity index is 2.22. The fraction of sp³-hybridized carbons (Fsp3) is 0.455. The zero-order chi connectivity index (χ0) is 12.5. The maximum Gasteiger partial charge on any atom is 0.573 e. The second kappa shape index (κ2) is 4.19. The normalized spacial score (nSPS) is 24.9. The van der Waals surface area contributed by atoms with Crippen LogP contribution in [-0.4, -0.2) is 24.7 Å². The summed E-state index contributed by atoms with van der Waals surface area (Å²) in [6.45, 7) is 0.476. The van der Waals surface area contributed by atoms with Crippen LogP contribution in [0.15, 0.2) is 24.3 Å². The summed E-state index contributed by atoms with van der Waals surface area (Å²) in [7, 11) is 0. The van der Waals surface area contributed by atoms with Crippen LogP contribution in [0.2, 0.25) is 0 Å². The fourth-order valence-electron chi connectivity index (χ4n) is 1.76. The summed E-state index contributed by atoms with van der Waals surface area (Å²) < 4.78 is 44.9. The molecule has 0 amide bonds. The maximum absolute atomic E-state index is 12.0. The molecule has 1 aliphatic rings. The summed E-state index contributed by atoms with van der Waals surface area (Å²) in [5.74, 6) is -0.338. The van der Waals surface area contributed by atoms with Gasteiger partial charge in [0.2, 0.25) is 0 Å². The molecule has 0 spiro atoms. The number of hydrogen-bond acceptors (Lipinski definition) is 3. The van der Waals surface area contributed by atoms with Crippen molar-refractivity contribution in [2.45, 2.75) is 18.4 Å². The summed E-state index contributed by atoms with van der Waals surface area (Å²) in [5.41, 5.74) is -0.845. The Kier molecular flexibility index (Phi) is 3.01. The molecular weight excluding hydrogens is 237 g/mol. The Bertz CT molecular complexity index is 397. The number of aliphatic hydroxyl groups is 1. The van der Waals surface area contributed by atoms with Gasteiger partial charge in [-0.15, -0.1) is 13.2 Å². The minimum Gasteiger partial charge on any atom is -0.406 e. The van der Waals surface area contributed by atoms with Gasteiger partial charge in [-0.1, -0.05) is 12.1 Å². The van der Waals surface area contributed by atoms with Crippen molar-refractivity contribution in [3.8, 4) is 5.75 Å². The molecule has 0 bridgehead atoms. The maximum atomic E-state index is 12.0. The highest BCUT2D eigenvalue weighted by molar-refractivity contribution is 5.33. The van der Waals surface area contributed by atoms with E-state index in [4.69, 9.17) is 4.74 Å². The van der Waals surface area contributed by atoms with Gasteiger partial charge in [0.25, 0.3) is 0 Å². The third-order valence-electron chi connectivity index (χ3n) is 2.61. The average Bonchev–Trinajstić information content (AvgIpc) is 2.64. The van der Waals surface area contributed by atoms with Crippen molar-refractivity contribution in [3.63, 3.8) is 0 Å². The molecule has 1 atom stereocenters. The molecule has 1 N–H and O–H groups in total. The van der Waals surface area contributed by atoms with Crippen molar-refractivity contribution in [3.05, 3.63) is 29.8 Å². The second-order valence-corrected chi connectivity index (χ2v) is 3.91. The molecule has 1 heterocycles. The summed E-state index contributed by atoms with van der Waals surface area (Å²) in [5, 5.41) is 10.1. The van der Waals surface area contributed by atoms with E-state index in [1.807, 2.05) is 0 Å². The lowest BCUT2D eigenvalue weighted by Crippen LogP contribution is -2.26. The zero-order valence-corrected chi connectivity index (χ0v) is 8.83. The Labute approximate surface area is 95.8 Å². The first kappa shape index (κ1) is 12.2. The van der Waals surface area contributed by atoms with Crippen LogP contribution in [0.4, 0.5) is 13.2 Å². The molecule has 1 unspecified atom stereocenters. The molecule has 1 aromatic rings. The zero-order valence-electron chi connectivity index (χ0n) is 8.83. The van der Waals surface area contributed by atoms with Crippen LogP contribution < -0.4 is 4.74 Å². The van der Waals surface area contributed by atoms with E-state index in [9.17, 15) is 18.3 Å². The quantitative estimate of drug-likeness (QED) is 0.871. The Morgan fingerprint density at radius 2 is 2.12 bits per heavy atom. The highest BCUT2D eigenvalue weighted by Crippen LogP contribution is 2.33. The molecule has 6 heteroatoms. The summed E-state index contributed by atoms with van der Waals surface area (Å²) in [6, 6.07) is 5.34. The highest BCUT2D eigenvalue weighted by atomic mass is 19.4. The fourth-order valence-corrected chi connectivity index (χ4v) is 1.76. The van der Waals surface area contributed by atoms with Gasteiger partial charge in [-0.2, -0.15) is 0 Å². The molecule has 1 aliphatic heterocycles. The lowest BCUT2D eigenvalue weighted by Gasteiger charge is -2.21. The molecule has 17 heavy (non-hydrogen) atoms. The van der Waals surface area contributed by atoms with Crippen LogP contribution in [0.25, 0.3) is 0 Å². The molecule has 3 nitrogen and oxygen atoms in total. The molecule has 0 aliphatic carbocycles. The monoisotopic (exact) mass is 248 g/mol. The molecule has 94 valence electrons. The number of hydrogen-bond donors (Lipinski definition) is 1. The summed E-state index contributed by atoms with van der Waals surface area (Å²) in [4.78, 5) is 0. The van der Waals surface area contributed by atoms with Crippen LogP contribution >= 0.6 is 0 Å². The first-order valence-electron chi connectivity index (χ1n) is 5.05. The van der Waals surface area contributed by atoms with Crippen LogP contribution in [-0.2, 0) is 10.3 Å². The number of halogens is 3. The number of alkyl halides is 3. The standard InChI is InChI=1S/C11H11F3O3/c12-11(13,14)17-9-3-1-2-8(6-9)10(15)4-5-16-7-10/h1-3,6,15H,4-5,7H2. The third kappa shape index (κ3) is 2.89. The highest BCUT2D eigenvalue weighted by Gasteiger charge is 2.35. The minimum atomic E-state index is -4.73. The van der Waals surface area contributed by atoms with Crippen LogP contribution in [0, 0.1) is 0 Å². The van der Waals surface area contributed by atoms with E-state index in [-0.39, 0.29) is 12.4 Å². The number of rotatable bonds is 2. The van der Waals surface area contributed by atoms with Gasteiger partial charge in [0.05, 0.1) is 6.61 Å². The lowest BCUT2D eigenvalue weighted by molar-refractivity contribution is -0.274. The molecular formula is C11H11F3O3. The van der Waals surface area contributed by atoms with Gasteiger partial charge in [0, 0.05) is 13.0 Å². The first-order valence-corrected chi connectivity index (χ1v) is 5.05. The van der Waals surface area contributed by atoms with Crippen molar-refractivity contribution in [2.24, 2.45) is 0 Å². The second-order valence-electron chi connectivity index (χ2n) is 3.91. The average molecular weight is 248 g/mol. The molecule has 1 saturated heterocycles. The molecule has 1 fully saturated rings. The smallest absolute Gasteiger partial charge is 0.406 e. The van der Waals surface area contributed by atoms with Crippen LogP contribution in [0.3, 0.4) is 0 Å². The number of benzene rings is 1. The molecule has 0 saturated carbocycles. The molecule has 2 rings (SSSR count). The van der Waals surface area contributed by atoms with Crippen molar-refractivity contribution in [2.75, 3.05) is 13.2 Å². The summed E-state index contributed by atoms with van der Waals surface area (Å²) in [6.07, 6.45) is -4.37. The van der Waals surface area contributed by atoms with E-state index in [1.165, 1.54) is 18.2 Å². The van der Waals surface area contributed by atoms with Gasteiger partial charge in [-0.3, -0.25) is 0 Å². The molecule has 0 aromatic heterocycles. The SMILES string of the molecule is OC1(c2cccc(OC(F)(F)F)c2)CCOC1. The largest absolute Gasteiger partial charge is 0.573 e. The van der Waals surface area contributed by atoms with E-state index in [2.05, 4.69) is 4.74 Å². The van der Waals surface area contributed by atoms with Gasteiger partial charge in [0.15, 0.2) is 0 Å². The lowest BCUT2D eigenvalue weighted by atomic mass is 9.93. The molecule has 1 aromatic carbocycles. The predicted molar refractivity (Wildman–Crippen MR) is 52.5 cm³/mol. The Hall–Kier alpha value is -1.27. The Morgan fingerprint density at radius 3 is 2.71 bits per heavy atom. The first-order chi connectivity index (χ1) is 7.89. The minimum absolute atomic E-state index is 0.0858. The van der Waals surface area contributed by atoms with Gasteiger partial charge < -0.3 is 14.6 Å². The van der Waals surface area contributed by atoms with E-state index in [1.54, 1.807) is 6.07 Å². The van der Waals surface area contributed by atoms with Crippen LogP contribution in [0.1, 0.15) is 12.0 Å². The third-order valence-corrected chi connectivity index (χ3v) is 2.61. The van der Waals surface area contributed by atoms with E-state index >= 15 is 0 Å². The predicted octanol–water partition coefficient (Wildman–Crippen LogP) is 2.19. The van der Waals surface area contributed by atoms with Crippen molar-refractivity contribution in [1.82, 2.24) is 0 Å². The number of ether oxygens (including phenoxy) is 2. The van der Waals surface area contributed by atoms with E-state index in [0.717, 1.165) is 0 Å². The van der Waals surface area contributed by atoms with Crippen LogP contribution in [0.5, 0.6) is 5.75 Å².